The standard InChI is InChI=1S/C48H29N5O/c1-3-11-30(12-4-1)32-19-20-34-28-36(22-21-33(34)27-32)45-50-46(39-25-26-49-47-44(39)38-16-8-10-18-43(38)54-47)52-48(51-45)53-41-17-9-7-15-37(41)40-29-35(23-24-42(40)53)31-13-5-2-6-14-31/h1-29H. The quantitative estimate of drug-likeness (QED) is 0.180. The maximum atomic E-state index is 6.20. The van der Waals surface area contributed by atoms with Crippen LogP contribution in [0.5, 0.6) is 0 Å². The minimum Gasteiger partial charge on any atom is -0.438 e. The van der Waals surface area contributed by atoms with Gasteiger partial charge in [-0.25, -0.2) is 9.97 Å². The van der Waals surface area contributed by atoms with Crippen molar-refractivity contribution >= 4 is 54.6 Å². The molecule has 0 saturated carbocycles. The van der Waals surface area contributed by atoms with Crippen molar-refractivity contribution in [1.29, 1.82) is 0 Å². The Bertz CT molecular complexity index is 3220. The van der Waals surface area contributed by atoms with Crippen molar-refractivity contribution in [2.75, 3.05) is 0 Å². The van der Waals surface area contributed by atoms with Crippen LogP contribution in [0.3, 0.4) is 0 Å². The highest BCUT2D eigenvalue weighted by molar-refractivity contribution is 6.11. The van der Waals surface area contributed by atoms with Crippen molar-refractivity contribution in [3.63, 3.8) is 0 Å². The number of benzene rings is 7. The second-order valence-corrected chi connectivity index (χ2v) is 13.5. The predicted molar refractivity (Wildman–Crippen MR) is 218 cm³/mol. The van der Waals surface area contributed by atoms with Gasteiger partial charge in [0.15, 0.2) is 11.6 Å². The van der Waals surface area contributed by atoms with E-state index >= 15 is 0 Å². The lowest BCUT2D eigenvalue weighted by atomic mass is 10.00. The zero-order valence-corrected chi connectivity index (χ0v) is 28.9. The van der Waals surface area contributed by atoms with Gasteiger partial charge in [0.25, 0.3) is 0 Å². The van der Waals surface area contributed by atoms with Gasteiger partial charge in [-0.05, 0) is 75.5 Å². The van der Waals surface area contributed by atoms with Crippen LogP contribution in [0.15, 0.2) is 180 Å². The van der Waals surface area contributed by atoms with Crippen LogP contribution in [-0.4, -0.2) is 24.5 Å². The molecule has 4 aromatic heterocycles. The molecule has 0 aliphatic heterocycles. The Kier molecular flexibility index (Phi) is 6.75. The molecule has 0 unspecified atom stereocenters. The minimum atomic E-state index is 0.533. The first-order valence-corrected chi connectivity index (χ1v) is 18.0. The lowest BCUT2D eigenvalue weighted by Crippen LogP contribution is -2.06. The molecular weight excluding hydrogens is 663 g/mol. The number of para-hydroxylation sites is 2. The third-order valence-electron chi connectivity index (χ3n) is 10.3. The van der Waals surface area contributed by atoms with E-state index in [1.165, 1.54) is 16.7 Å². The molecule has 7 aromatic carbocycles. The summed E-state index contributed by atoms with van der Waals surface area (Å²) in [6.45, 7) is 0. The van der Waals surface area contributed by atoms with Gasteiger partial charge in [0, 0.05) is 33.5 Å². The molecular formula is C48H29N5O. The molecule has 54 heavy (non-hydrogen) atoms. The summed E-state index contributed by atoms with van der Waals surface area (Å²) in [5.41, 5.74) is 9.75. The van der Waals surface area contributed by atoms with E-state index in [1.807, 2.05) is 36.4 Å². The maximum absolute atomic E-state index is 6.20. The molecule has 0 atom stereocenters. The highest BCUT2D eigenvalue weighted by atomic mass is 16.3. The molecule has 6 heteroatoms. The third-order valence-corrected chi connectivity index (χ3v) is 10.3. The Labute approximate surface area is 309 Å². The molecule has 11 rings (SSSR count). The first-order chi connectivity index (χ1) is 26.7. The predicted octanol–water partition coefficient (Wildman–Crippen LogP) is 12.1. The van der Waals surface area contributed by atoms with Crippen LogP contribution in [0.1, 0.15) is 0 Å². The Morgan fingerprint density at radius 1 is 0.426 bits per heavy atom. The second kappa shape index (κ2) is 12.1. The number of aromatic nitrogens is 5. The van der Waals surface area contributed by atoms with E-state index in [0.717, 1.165) is 65.6 Å². The van der Waals surface area contributed by atoms with Crippen LogP contribution in [0, 0.1) is 0 Å². The van der Waals surface area contributed by atoms with Crippen LogP contribution in [0.4, 0.5) is 0 Å². The van der Waals surface area contributed by atoms with E-state index in [0.29, 0.717) is 23.3 Å². The number of rotatable bonds is 5. The summed E-state index contributed by atoms with van der Waals surface area (Å²) >= 11 is 0. The van der Waals surface area contributed by atoms with Gasteiger partial charge < -0.3 is 4.42 Å². The van der Waals surface area contributed by atoms with E-state index < -0.39 is 0 Å². The third kappa shape index (κ3) is 4.89. The Morgan fingerprint density at radius 2 is 1.04 bits per heavy atom. The number of nitrogens with zero attached hydrogens (tertiary/aromatic N) is 5. The van der Waals surface area contributed by atoms with Crippen molar-refractivity contribution in [1.82, 2.24) is 24.5 Å². The van der Waals surface area contributed by atoms with E-state index in [9.17, 15) is 0 Å². The van der Waals surface area contributed by atoms with Crippen molar-refractivity contribution in [2.45, 2.75) is 0 Å². The zero-order chi connectivity index (χ0) is 35.6. The summed E-state index contributed by atoms with van der Waals surface area (Å²) in [7, 11) is 0. The van der Waals surface area contributed by atoms with Crippen molar-refractivity contribution < 1.29 is 4.42 Å². The van der Waals surface area contributed by atoms with Gasteiger partial charge in [-0.2, -0.15) is 9.97 Å². The van der Waals surface area contributed by atoms with Crippen molar-refractivity contribution in [3.05, 3.63) is 176 Å². The fourth-order valence-corrected chi connectivity index (χ4v) is 7.74. The number of hydrogen-bond donors (Lipinski definition) is 0. The molecule has 0 N–H and O–H groups in total. The van der Waals surface area contributed by atoms with Gasteiger partial charge in [-0.15, -0.1) is 0 Å². The average molecular weight is 692 g/mol. The highest BCUT2D eigenvalue weighted by Gasteiger charge is 2.21. The number of pyridine rings is 1. The first-order valence-electron chi connectivity index (χ1n) is 18.0. The molecule has 0 saturated heterocycles. The summed E-state index contributed by atoms with van der Waals surface area (Å²) in [5.74, 6) is 1.65. The van der Waals surface area contributed by atoms with Crippen LogP contribution >= 0.6 is 0 Å². The molecule has 0 aliphatic carbocycles. The van der Waals surface area contributed by atoms with Gasteiger partial charge >= 0.3 is 0 Å². The van der Waals surface area contributed by atoms with Gasteiger partial charge in [0.1, 0.15) is 5.58 Å². The maximum Gasteiger partial charge on any atom is 0.238 e. The Morgan fingerprint density at radius 3 is 1.83 bits per heavy atom. The van der Waals surface area contributed by atoms with Gasteiger partial charge in [-0.3, -0.25) is 4.57 Å². The smallest absolute Gasteiger partial charge is 0.238 e. The first kappa shape index (κ1) is 30.2. The van der Waals surface area contributed by atoms with E-state index in [-0.39, 0.29) is 0 Å². The van der Waals surface area contributed by atoms with Crippen LogP contribution < -0.4 is 0 Å². The molecule has 0 fully saturated rings. The van der Waals surface area contributed by atoms with Crippen molar-refractivity contribution in [3.8, 4) is 51.0 Å². The molecule has 252 valence electrons. The SMILES string of the molecule is c1ccc(-c2ccc3cc(-c4nc(-c5ccnc6oc7ccccc7c56)nc(-n5c6ccccc6c6cc(-c7ccccc7)ccc65)n4)ccc3c2)cc1. The number of fused-ring (bicyclic) bond motifs is 7. The topological polar surface area (TPSA) is 69.6 Å². The number of hydrogen-bond acceptors (Lipinski definition) is 5. The molecule has 4 heterocycles. The largest absolute Gasteiger partial charge is 0.438 e. The van der Waals surface area contributed by atoms with Crippen LogP contribution in [-0.2, 0) is 0 Å². The molecule has 6 nitrogen and oxygen atoms in total. The van der Waals surface area contributed by atoms with Gasteiger partial charge in [0.05, 0.1) is 16.4 Å². The summed E-state index contributed by atoms with van der Waals surface area (Å²) in [4.78, 5) is 20.3. The normalized spacial score (nSPS) is 11.7. The van der Waals surface area contributed by atoms with E-state index in [4.69, 9.17) is 19.4 Å². The molecule has 11 aromatic rings. The van der Waals surface area contributed by atoms with Gasteiger partial charge in [0.2, 0.25) is 11.7 Å². The second-order valence-electron chi connectivity index (χ2n) is 13.5. The summed E-state index contributed by atoms with van der Waals surface area (Å²) in [6, 6.07) is 59.0. The molecule has 0 spiro atoms. The Hall–Kier alpha value is -7.44. The van der Waals surface area contributed by atoms with E-state index in [1.54, 1.807) is 6.20 Å². The lowest BCUT2D eigenvalue weighted by molar-refractivity contribution is 0.654. The van der Waals surface area contributed by atoms with E-state index in [2.05, 4.69) is 143 Å². The van der Waals surface area contributed by atoms with Crippen LogP contribution in [0.2, 0.25) is 0 Å². The highest BCUT2D eigenvalue weighted by Crippen LogP contribution is 2.38. The van der Waals surface area contributed by atoms with Gasteiger partial charge in [-0.1, -0.05) is 127 Å². The molecule has 0 radical (unpaired) electrons. The lowest BCUT2D eigenvalue weighted by Gasteiger charge is -2.12. The number of furan rings is 1. The zero-order valence-electron chi connectivity index (χ0n) is 28.9. The molecule has 0 amide bonds. The average Bonchev–Trinajstić information content (AvgIpc) is 3.79. The fraction of sp³-hybridized carbons (Fsp3) is 0. The summed E-state index contributed by atoms with van der Waals surface area (Å²) < 4.78 is 8.36. The fourth-order valence-electron chi connectivity index (χ4n) is 7.74. The monoisotopic (exact) mass is 691 g/mol. The minimum absolute atomic E-state index is 0.533. The molecule has 0 aliphatic rings. The van der Waals surface area contributed by atoms with Crippen molar-refractivity contribution in [2.24, 2.45) is 0 Å². The van der Waals surface area contributed by atoms with Crippen LogP contribution in [0.25, 0.3) is 106 Å². The summed E-state index contributed by atoms with van der Waals surface area (Å²) in [6.07, 6.45) is 1.76. The Balaban J connectivity index is 1.16. The summed E-state index contributed by atoms with van der Waals surface area (Å²) in [5, 5.41) is 6.34. The molecule has 0 bridgehead atoms.